The third-order valence-electron chi connectivity index (χ3n) is 1.89. The Bertz CT molecular complexity index is 430. The zero-order valence-corrected chi connectivity index (χ0v) is 9.72. The van der Waals surface area contributed by atoms with Crippen molar-refractivity contribution in [2.24, 2.45) is 0 Å². The molecule has 0 fully saturated rings. The normalized spacial score (nSPS) is 10.9. The number of carbonyl (C=O) groups is 1. The molecule has 0 aliphatic heterocycles. The predicted molar refractivity (Wildman–Crippen MR) is 62.7 cm³/mol. The van der Waals surface area contributed by atoms with Crippen molar-refractivity contribution in [3.63, 3.8) is 0 Å². The lowest BCUT2D eigenvalue weighted by Crippen LogP contribution is -1.99. The molecule has 0 heterocycles. The van der Waals surface area contributed by atoms with Crippen molar-refractivity contribution >= 4 is 35.2 Å². The molecule has 0 unspecified atom stereocenters. The number of halogens is 3. The number of hydrogen-bond acceptors (Lipinski definition) is 1. The van der Waals surface area contributed by atoms with Crippen LogP contribution in [0.1, 0.15) is 22.3 Å². The van der Waals surface area contributed by atoms with E-state index >= 15 is 0 Å². The van der Waals surface area contributed by atoms with Gasteiger partial charge < -0.3 is 5.11 Å². The fraction of sp³-hybridized carbons (Fsp3) is 0.182. The lowest BCUT2D eigenvalue weighted by Gasteiger charge is -2.02. The van der Waals surface area contributed by atoms with Crippen LogP contribution in [0.2, 0.25) is 5.02 Å². The largest absolute Gasteiger partial charge is 0.478 e. The number of benzene rings is 1. The molecule has 0 bridgehead atoms. The summed E-state index contributed by atoms with van der Waals surface area (Å²) in [5.74, 6) is -1.42. The highest BCUT2D eigenvalue weighted by molar-refractivity contribution is 6.33. The van der Waals surface area contributed by atoms with Gasteiger partial charge in [0, 0.05) is 11.4 Å². The van der Waals surface area contributed by atoms with Crippen LogP contribution in [0.3, 0.4) is 0 Å². The van der Waals surface area contributed by atoms with Gasteiger partial charge in [-0.3, -0.25) is 0 Å². The Morgan fingerprint density at radius 1 is 1.50 bits per heavy atom. The van der Waals surface area contributed by atoms with Crippen molar-refractivity contribution in [3.8, 4) is 0 Å². The van der Waals surface area contributed by atoms with Crippen LogP contribution in [0.5, 0.6) is 0 Å². The first-order valence-corrected chi connectivity index (χ1v) is 5.42. The molecule has 0 aliphatic rings. The van der Waals surface area contributed by atoms with Crippen molar-refractivity contribution in [1.82, 2.24) is 0 Å². The van der Waals surface area contributed by atoms with Crippen LogP contribution in [-0.2, 0) is 0 Å². The van der Waals surface area contributed by atoms with Gasteiger partial charge in [0.15, 0.2) is 0 Å². The molecular weight excluding hydrogens is 254 g/mol. The minimum absolute atomic E-state index is 0.0134. The molecule has 1 rings (SSSR count). The second-order valence-corrected chi connectivity index (χ2v) is 3.82. The Kier molecular flexibility index (Phi) is 4.77. The molecule has 1 N–H and O–H groups in total. The molecule has 86 valence electrons. The van der Waals surface area contributed by atoms with Gasteiger partial charge in [0.1, 0.15) is 5.82 Å². The van der Waals surface area contributed by atoms with Gasteiger partial charge in [-0.15, -0.1) is 11.6 Å². The number of alkyl halides is 1. The summed E-state index contributed by atoms with van der Waals surface area (Å²) in [4.78, 5) is 10.7. The van der Waals surface area contributed by atoms with E-state index in [1.54, 1.807) is 6.08 Å². The molecule has 0 aliphatic carbocycles. The van der Waals surface area contributed by atoms with E-state index in [1.807, 2.05) is 0 Å². The monoisotopic (exact) mass is 262 g/mol. The average molecular weight is 263 g/mol. The van der Waals surface area contributed by atoms with Crippen molar-refractivity contribution < 1.29 is 14.3 Å². The quantitative estimate of drug-likeness (QED) is 0.838. The zero-order valence-electron chi connectivity index (χ0n) is 8.21. The smallest absolute Gasteiger partial charge is 0.337 e. The van der Waals surface area contributed by atoms with E-state index in [9.17, 15) is 9.18 Å². The maximum Gasteiger partial charge on any atom is 0.337 e. The first-order valence-electron chi connectivity index (χ1n) is 4.51. The third kappa shape index (κ3) is 3.22. The van der Waals surface area contributed by atoms with Crippen LogP contribution in [0.25, 0.3) is 6.08 Å². The standard InChI is InChI=1S/C11H9Cl2FO2/c12-4-2-1-3-7-5-9(13)8(11(15)16)6-10(7)14/h1,3,5-6H,2,4H2,(H,15,16). The van der Waals surface area contributed by atoms with E-state index in [0.717, 1.165) is 6.07 Å². The minimum Gasteiger partial charge on any atom is -0.478 e. The highest BCUT2D eigenvalue weighted by Gasteiger charge is 2.12. The molecule has 1 aromatic carbocycles. The van der Waals surface area contributed by atoms with Gasteiger partial charge in [-0.2, -0.15) is 0 Å². The van der Waals surface area contributed by atoms with E-state index in [-0.39, 0.29) is 16.1 Å². The first-order chi connectivity index (χ1) is 7.56. The zero-order chi connectivity index (χ0) is 12.1. The van der Waals surface area contributed by atoms with Gasteiger partial charge in [0.2, 0.25) is 0 Å². The molecule has 0 amide bonds. The van der Waals surface area contributed by atoms with Gasteiger partial charge >= 0.3 is 5.97 Å². The van der Waals surface area contributed by atoms with Gasteiger partial charge in [-0.25, -0.2) is 9.18 Å². The molecule has 1 aromatic rings. The van der Waals surface area contributed by atoms with E-state index in [0.29, 0.717) is 12.3 Å². The Balaban J connectivity index is 3.05. The summed E-state index contributed by atoms with van der Waals surface area (Å²) in [6.45, 7) is 0. The van der Waals surface area contributed by atoms with E-state index in [1.165, 1.54) is 12.1 Å². The highest BCUT2D eigenvalue weighted by atomic mass is 35.5. The number of carboxylic acid groups (broad SMARTS) is 1. The lowest BCUT2D eigenvalue weighted by atomic mass is 10.1. The second kappa shape index (κ2) is 5.87. The van der Waals surface area contributed by atoms with Crippen LogP contribution in [-0.4, -0.2) is 17.0 Å². The number of rotatable bonds is 4. The van der Waals surface area contributed by atoms with Crippen molar-refractivity contribution in [1.29, 1.82) is 0 Å². The summed E-state index contributed by atoms with van der Waals surface area (Å²) in [5.41, 5.74) is 0.00813. The Hall–Kier alpha value is -1.06. The predicted octanol–water partition coefficient (Wildman–Crippen LogP) is 3.82. The molecule has 0 spiro atoms. The van der Waals surface area contributed by atoms with Gasteiger partial charge in [0.05, 0.1) is 10.6 Å². The summed E-state index contributed by atoms with van der Waals surface area (Å²) in [5, 5.41) is 8.72. The van der Waals surface area contributed by atoms with Crippen LogP contribution < -0.4 is 0 Å². The summed E-state index contributed by atoms with van der Waals surface area (Å²) in [7, 11) is 0. The molecule has 0 atom stereocenters. The first kappa shape index (κ1) is 13.0. The number of aromatic carboxylic acids is 1. The lowest BCUT2D eigenvalue weighted by molar-refractivity contribution is 0.0696. The second-order valence-electron chi connectivity index (χ2n) is 3.04. The average Bonchev–Trinajstić information content (AvgIpc) is 2.22. The number of carboxylic acids is 1. The number of allylic oxidation sites excluding steroid dienone is 1. The molecule has 5 heteroatoms. The van der Waals surface area contributed by atoms with Crippen molar-refractivity contribution in [2.45, 2.75) is 6.42 Å². The number of hydrogen-bond donors (Lipinski definition) is 1. The highest BCUT2D eigenvalue weighted by Crippen LogP contribution is 2.22. The fourth-order valence-corrected chi connectivity index (χ4v) is 1.51. The summed E-state index contributed by atoms with van der Waals surface area (Å²) < 4.78 is 13.4. The van der Waals surface area contributed by atoms with E-state index < -0.39 is 11.8 Å². The molecule has 16 heavy (non-hydrogen) atoms. The topological polar surface area (TPSA) is 37.3 Å². The van der Waals surface area contributed by atoms with Crippen LogP contribution in [0.4, 0.5) is 4.39 Å². The summed E-state index contributed by atoms with van der Waals surface area (Å²) >= 11 is 11.2. The Morgan fingerprint density at radius 2 is 2.19 bits per heavy atom. The fourth-order valence-electron chi connectivity index (χ4n) is 1.13. The molecule has 0 saturated carbocycles. The molecule has 2 nitrogen and oxygen atoms in total. The van der Waals surface area contributed by atoms with Crippen molar-refractivity contribution in [3.05, 3.63) is 40.2 Å². The molecule has 0 saturated heterocycles. The molecule has 0 radical (unpaired) electrons. The van der Waals surface area contributed by atoms with Crippen LogP contribution in [0.15, 0.2) is 18.2 Å². The van der Waals surface area contributed by atoms with Crippen LogP contribution in [0, 0.1) is 5.82 Å². The Labute approximate surface area is 102 Å². The van der Waals surface area contributed by atoms with E-state index in [2.05, 4.69) is 0 Å². The third-order valence-corrected chi connectivity index (χ3v) is 2.42. The Morgan fingerprint density at radius 3 is 2.75 bits per heavy atom. The van der Waals surface area contributed by atoms with E-state index in [4.69, 9.17) is 28.3 Å². The maximum atomic E-state index is 13.4. The SMILES string of the molecule is O=C(O)c1cc(F)c(C=CCCCl)cc1Cl. The minimum atomic E-state index is -1.25. The summed E-state index contributed by atoms with van der Waals surface area (Å²) in [6.07, 6.45) is 3.83. The van der Waals surface area contributed by atoms with Gasteiger partial charge in [-0.05, 0) is 18.6 Å². The van der Waals surface area contributed by atoms with Crippen molar-refractivity contribution in [2.75, 3.05) is 5.88 Å². The van der Waals surface area contributed by atoms with Gasteiger partial charge in [-0.1, -0.05) is 23.8 Å². The summed E-state index contributed by atoms with van der Waals surface area (Å²) in [6, 6.07) is 2.19. The molecular formula is C11H9Cl2FO2. The maximum absolute atomic E-state index is 13.4. The van der Waals surface area contributed by atoms with Crippen LogP contribution >= 0.6 is 23.2 Å². The molecule has 0 aromatic heterocycles. The van der Waals surface area contributed by atoms with Gasteiger partial charge in [0.25, 0.3) is 0 Å².